The minimum Gasteiger partial charge on any atom is -0.491 e. The van der Waals surface area contributed by atoms with E-state index in [1.54, 1.807) is 12.1 Å². The molecular formula is C19H22N2O3. The van der Waals surface area contributed by atoms with Crippen LogP contribution in [0.15, 0.2) is 30.5 Å². The molecule has 1 aliphatic rings. The molecule has 0 amide bonds. The molecule has 0 fully saturated rings. The van der Waals surface area contributed by atoms with Crippen molar-refractivity contribution in [3.63, 3.8) is 0 Å². The van der Waals surface area contributed by atoms with Crippen LogP contribution in [-0.4, -0.2) is 40.7 Å². The van der Waals surface area contributed by atoms with Crippen LogP contribution in [0.2, 0.25) is 0 Å². The van der Waals surface area contributed by atoms with E-state index in [9.17, 15) is 9.90 Å². The summed E-state index contributed by atoms with van der Waals surface area (Å²) in [5.41, 5.74) is 4.68. The fourth-order valence-corrected chi connectivity index (χ4v) is 3.11. The SMILES string of the molecule is Cc1cnc(CCN2CCOc3c(cccc3C(=O)O)C2)c(C)c1. The highest BCUT2D eigenvalue weighted by molar-refractivity contribution is 5.91. The van der Waals surface area contributed by atoms with Crippen LogP contribution in [0.25, 0.3) is 0 Å². The number of hydrogen-bond acceptors (Lipinski definition) is 4. The molecule has 3 rings (SSSR count). The third-order valence-corrected chi connectivity index (χ3v) is 4.36. The van der Waals surface area contributed by atoms with Crippen molar-refractivity contribution >= 4 is 5.97 Å². The molecule has 0 unspecified atom stereocenters. The number of nitrogens with zero attached hydrogens (tertiary/aromatic N) is 2. The monoisotopic (exact) mass is 326 g/mol. The highest BCUT2D eigenvalue weighted by Gasteiger charge is 2.21. The van der Waals surface area contributed by atoms with Crippen LogP contribution in [0.5, 0.6) is 5.75 Å². The van der Waals surface area contributed by atoms with Gasteiger partial charge in [-0.15, -0.1) is 0 Å². The van der Waals surface area contributed by atoms with E-state index in [1.165, 1.54) is 11.1 Å². The predicted molar refractivity (Wildman–Crippen MR) is 91.6 cm³/mol. The van der Waals surface area contributed by atoms with E-state index in [0.717, 1.165) is 30.8 Å². The van der Waals surface area contributed by atoms with Crippen molar-refractivity contribution in [3.8, 4) is 5.75 Å². The molecule has 0 radical (unpaired) electrons. The lowest BCUT2D eigenvalue weighted by Crippen LogP contribution is -2.28. The average Bonchev–Trinajstić information content (AvgIpc) is 2.75. The van der Waals surface area contributed by atoms with E-state index in [1.807, 2.05) is 19.2 Å². The summed E-state index contributed by atoms with van der Waals surface area (Å²) in [7, 11) is 0. The Bertz CT molecular complexity index is 758. The van der Waals surface area contributed by atoms with E-state index in [4.69, 9.17) is 4.74 Å². The Morgan fingerprint density at radius 3 is 2.96 bits per heavy atom. The molecule has 24 heavy (non-hydrogen) atoms. The summed E-state index contributed by atoms with van der Waals surface area (Å²) in [6.07, 6.45) is 2.78. The van der Waals surface area contributed by atoms with Crippen molar-refractivity contribution in [2.24, 2.45) is 0 Å². The second kappa shape index (κ2) is 7.01. The quantitative estimate of drug-likeness (QED) is 0.936. The molecule has 2 heterocycles. The topological polar surface area (TPSA) is 62.7 Å². The van der Waals surface area contributed by atoms with Gasteiger partial charge in [0.05, 0.1) is 0 Å². The van der Waals surface area contributed by atoms with Crippen molar-refractivity contribution < 1.29 is 14.6 Å². The molecule has 2 aromatic rings. The Morgan fingerprint density at radius 2 is 2.21 bits per heavy atom. The Kier molecular flexibility index (Phi) is 4.81. The van der Waals surface area contributed by atoms with Crippen LogP contribution in [-0.2, 0) is 13.0 Å². The van der Waals surface area contributed by atoms with Crippen molar-refractivity contribution in [2.75, 3.05) is 19.7 Å². The molecule has 1 N–H and O–H groups in total. The number of carboxylic acids is 1. The second-order valence-corrected chi connectivity index (χ2v) is 6.25. The summed E-state index contributed by atoms with van der Waals surface area (Å²) in [6, 6.07) is 7.47. The Balaban J connectivity index is 1.72. The number of fused-ring (bicyclic) bond motifs is 1. The molecule has 0 saturated heterocycles. The van der Waals surface area contributed by atoms with E-state index in [0.29, 0.717) is 18.9 Å². The number of aryl methyl sites for hydroxylation is 2. The van der Waals surface area contributed by atoms with Gasteiger partial charge in [0.2, 0.25) is 0 Å². The number of pyridine rings is 1. The minimum atomic E-state index is -0.945. The fourth-order valence-electron chi connectivity index (χ4n) is 3.11. The number of aromatic carboxylic acids is 1. The molecule has 126 valence electrons. The summed E-state index contributed by atoms with van der Waals surface area (Å²) >= 11 is 0. The first-order valence-corrected chi connectivity index (χ1v) is 8.17. The summed E-state index contributed by atoms with van der Waals surface area (Å²) in [5.74, 6) is -0.433. The number of ether oxygens (including phenoxy) is 1. The lowest BCUT2D eigenvalue weighted by atomic mass is 10.1. The van der Waals surface area contributed by atoms with Crippen LogP contribution in [0.4, 0.5) is 0 Å². The predicted octanol–water partition coefficient (Wildman–Crippen LogP) is 2.83. The molecule has 0 atom stereocenters. The van der Waals surface area contributed by atoms with E-state index in [2.05, 4.69) is 22.9 Å². The number of benzene rings is 1. The number of carbonyl (C=O) groups is 1. The van der Waals surface area contributed by atoms with Gasteiger partial charge in [0, 0.05) is 43.5 Å². The van der Waals surface area contributed by atoms with Crippen LogP contribution in [0.3, 0.4) is 0 Å². The van der Waals surface area contributed by atoms with Gasteiger partial charge in [-0.1, -0.05) is 18.2 Å². The van der Waals surface area contributed by atoms with Gasteiger partial charge in [0.25, 0.3) is 0 Å². The van der Waals surface area contributed by atoms with E-state index < -0.39 is 5.97 Å². The van der Waals surface area contributed by atoms with Crippen molar-refractivity contribution in [2.45, 2.75) is 26.8 Å². The maximum absolute atomic E-state index is 11.3. The van der Waals surface area contributed by atoms with Crippen LogP contribution < -0.4 is 4.74 Å². The van der Waals surface area contributed by atoms with Gasteiger partial charge in [-0.25, -0.2) is 4.79 Å². The number of para-hydroxylation sites is 1. The number of rotatable bonds is 4. The standard InChI is InChI=1S/C19H22N2O3/c1-13-10-14(2)17(20-11-13)6-7-21-8-9-24-18-15(12-21)4-3-5-16(18)19(22)23/h3-5,10-11H,6-9,12H2,1-2H3,(H,22,23). The van der Waals surface area contributed by atoms with Crippen molar-refractivity contribution in [1.29, 1.82) is 0 Å². The molecule has 0 spiro atoms. The zero-order chi connectivity index (χ0) is 17.1. The van der Waals surface area contributed by atoms with Gasteiger partial charge >= 0.3 is 5.97 Å². The largest absolute Gasteiger partial charge is 0.491 e. The van der Waals surface area contributed by atoms with Gasteiger partial charge in [-0.3, -0.25) is 9.88 Å². The van der Waals surface area contributed by atoms with Crippen molar-refractivity contribution in [3.05, 3.63) is 58.4 Å². The van der Waals surface area contributed by atoms with E-state index >= 15 is 0 Å². The first-order chi connectivity index (χ1) is 11.5. The van der Waals surface area contributed by atoms with E-state index in [-0.39, 0.29) is 5.56 Å². The molecule has 0 saturated carbocycles. The lowest BCUT2D eigenvalue weighted by molar-refractivity contribution is 0.0692. The zero-order valence-electron chi connectivity index (χ0n) is 14.1. The minimum absolute atomic E-state index is 0.241. The zero-order valence-corrected chi connectivity index (χ0v) is 14.1. The number of hydrogen-bond donors (Lipinski definition) is 1. The molecule has 1 aromatic heterocycles. The maximum Gasteiger partial charge on any atom is 0.339 e. The molecule has 1 aliphatic heterocycles. The second-order valence-electron chi connectivity index (χ2n) is 6.25. The molecular weight excluding hydrogens is 304 g/mol. The van der Waals surface area contributed by atoms with Gasteiger partial charge in [-0.05, 0) is 31.0 Å². The van der Waals surface area contributed by atoms with Gasteiger partial charge in [0.1, 0.15) is 17.9 Å². The summed E-state index contributed by atoms with van der Waals surface area (Å²) in [5, 5.41) is 9.30. The fraction of sp³-hybridized carbons (Fsp3) is 0.368. The highest BCUT2D eigenvalue weighted by Crippen LogP contribution is 2.27. The summed E-state index contributed by atoms with van der Waals surface area (Å²) in [6.45, 7) is 6.98. The van der Waals surface area contributed by atoms with Crippen LogP contribution in [0.1, 0.15) is 32.7 Å². The van der Waals surface area contributed by atoms with Crippen LogP contribution >= 0.6 is 0 Å². The number of aromatic nitrogens is 1. The lowest BCUT2D eigenvalue weighted by Gasteiger charge is -2.19. The Hall–Kier alpha value is -2.40. The molecule has 5 heteroatoms. The average molecular weight is 326 g/mol. The first kappa shape index (κ1) is 16.5. The molecule has 0 aliphatic carbocycles. The molecule has 0 bridgehead atoms. The van der Waals surface area contributed by atoms with Gasteiger partial charge < -0.3 is 9.84 Å². The number of carboxylic acid groups (broad SMARTS) is 1. The third kappa shape index (κ3) is 3.57. The normalized spacial score (nSPS) is 14.6. The Morgan fingerprint density at radius 1 is 1.38 bits per heavy atom. The summed E-state index contributed by atoms with van der Waals surface area (Å²) in [4.78, 5) is 18.2. The Labute approximate surface area is 141 Å². The maximum atomic E-state index is 11.3. The first-order valence-electron chi connectivity index (χ1n) is 8.17. The molecule has 1 aromatic carbocycles. The summed E-state index contributed by atoms with van der Waals surface area (Å²) < 4.78 is 5.72. The van der Waals surface area contributed by atoms with Crippen molar-refractivity contribution in [1.82, 2.24) is 9.88 Å². The molecule has 5 nitrogen and oxygen atoms in total. The van der Waals surface area contributed by atoms with Gasteiger partial charge in [0.15, 0.2) is 0 Å². The third-order valence-electron chi connectivity index (χ3n) is 4.36. The van der Waals surface area contributed by atoms with Crippen LogP contribution in [0, 0.1) is 13.8 Å². The highest BCUT2D eigenvalue weighted by atomic mass is 16.5. The smallest absolute Gasteiger partial charge is 0.339 e. The van der Waals surface area contributed by atoms with Gasteiger partial charge in [-0.2, -0.15) is 0 Å².